The van der Waals surface area contributed by atoms with Crippen LogP contribution >= 0.6 is 11.8 Å². The fourth-order valence-electron chi connectivity index (χ4n) is 2.90. The van der Waals surface area contributed by atoms with Crippen LogP contribution in [0.5, 0.6) is 0 Å². The zero-order valence-electron chi connectivity index (χ0n) is 19.9. The van der Waals surface area contributed by atoms with Crippen molar-refractivity contribution in [1.82, 2.24) is 16.0 Å². The molecule has 0 saturated carbocycles. The van der Waals surface area contributed by atoms with Crippen molar-refractivity contribution in [1.29, 1.82) is 0 Å². The molecule has 6 unspecified atom stereocenters. The van der Waals surface area contributed by atoms with Gasteiger partial charge in [0, 0.05) is 0 Å². The van der Waals surface area contributed by atoms with E-state index in [1.807, 2.05) is 27.0 Å². The Hall–Kier alpha value is -1.85. The van der Waals surface area contributed by atoms with Gasteiger partial charge in [-0.3, -0.25) is 14.4 Å². The van der Waals surface area contributed by atoms with Crippen LogP contribution in [0.1, 0.15) is 53.9 Å². The third-order valence-electron chi connectivity index (χ3n) is 5.18. The first-order chi connectivity index (χ1) is 14.8. The Morgan fingerprint density at radius 3 is 1.94 bits per heavy atom. The van der Waals surface area contributed by atoms with E-state index < -0.39 is 54.0 Å². The molecule has 32 heavy (non-hydrogen) atoms. The molecule has 0 aromatic heterocycles. The topological polar surface area (TPSA) is 171 Å². The van der Waals surface area contributed by atoms with E-state index in [9.17, 15) is 29.4 Å². The molecule has 0 aliphatic rings. The molecular weight excluding hydrogens is 436 g/mol. The normalized spacial score (nSPS) is 16.9. The number of aliphatic hydroxyl groups excluding tert-OH is 1. The van der Waals surface area contributed by atoms with Crippen LogP contribution in [0.4, 0.5) is 0 Å². The largest absolute Gasteiger partial charge is 0.480 e. The van der Waals surface area contributed by atoms with Gasteiger partial charge in [0.15, 0.2) is 0 Å². The predicted octanol–water partition coefficient (Wildman–Crippen LogP) is 0.0788. The van der Waals surface area contributed by atoms with Crippen molar-refractivity contribution >= 4 is 35.5 Å². The fraction of sp³-hybridized carbons (Fsp3) is 0.810. The zero-order valence-corrected chi connectivity index (χ0v) is 20.7. The summed E-state index contributed by atoms with van der Waals surface area (Å²) < 4.78 is 0. The van der Waals surface area contributed by atoms with Crippen molar-refractivity contribution in [2.45, 2.75) is 84.2 Å². The SMILES string of the molecule is CCC(C)C(NC(=O)C(N)C(C)O)C(=O)NC(CCSC)C(=O)NC(CC(C)C)C(=O)O. The average molecular weight is 477 g/mol. The standard InChI is InChI=1S/C21H40N4O6S/c1-7-12(4)17(25-19(28)16(22)13(5)26)20(29)23-14(8-9-32-6)18(27)24-15(21(30)31)10-11(2)3/h11-17,26H,7-10,22H2,1-6H3,(H,23,29)(H,24,27)(H,25,28)(H,30,31). The van der Waals surface area contributed by atoms with Crippen LogP contribution in [-0.4, -0.2) is 76.2 Å². The molecule has 3 amide bonds. The number of carboxylic acid groups (broad SMARTS) is 1. The van der Waals surface area contributed by atoms with Crippen molar-refractivity contribution < 1.29 is 29.4 Å². The molecule has 0 aliphatic carbocycles. The Bertz CT molecular complexity index is 631. The first-order valence-corrected chi connectivity index (χ1v) is 12.3. The van der Waals surface area contributed by atoms with Crippen LogP contribution in [0.3, 0.4) is 0 Å². The molecular formula is C21H40N4O6S. The summed E-state index contributed by atoms with van der Waals surface area (Å²) in [5, 5.41) is 26.7. The minimum Gasteiger partial charge on any atom is -0.480 e. The van der Waals surface area contributed by atoms with Crippen LogP contribution < -0.4 is 21.7 Å². The predicted molar refractivity (Wildman–Crippen MR) is 125 cm³/mol. The number of nitrogens with one attached hydrogen (secondary N) is 3. The van der Waals surface area contributed by atoms with Crippen LogP contribution in [-0.2, 0) is 19.2 Å². The highest BCUT2D eigenvalue weighted by atomic mass is 32.2. The van der Waals surface area contributed by atoms with Gasteiger partial charge in [0.1, 0.15) is 24.2 Å². The number of thioether (sulfide) groups is 1. The number of aliphatic carboxylic acids is 1. The van der Waals surface area contributed by atoms with E-state index in [1.165, 1.54) is 18.7 Å². The number of hydrogen-bond donors (Lipinski definition) is 6. The Morgan fingerprint density at radius 2 is 1.50 bits per heavy atom. The quantitative estimate of drug-likeness (QED) is 0.193. The second-order valence-electron chi connectivity index (χ2n) is 8.51. The lowest BCUT2D eigenvalue weighted by Gasteiger charge is -2.28. The van der Waals surface area contributed by atoms with Gasteiger partial charge in [0.05, 0.1) is 6.10 Å². The molecule has 7 N–H and O–H groups in total. The van der Waals surface area contributed by atoms with Gasteiger partial charge >= 0.3 is 5.97 Å². The van der Waals surface area contributed by atoms with Crippen molar-refractivity contribution in [3.63, 3.8) is 0 Å². The van der Waals surface area contributed by atoms with Gasteiger partial charge in [-0.05, 0) is 43.6 Å². The molecule has 6 atom stereocenters. The Morgan fingerprint density at radius 1 is 0.938 bits per heavy atom. The van der Waals surface area contributed by atoms with E-state index in [4.69, 9.17) is 5.73 Å². The lowest BCUT2D eigenvalue weighted by molar-refractivity contribution is -0.143. The minimum absolute atomic E-state index is 0.0544. The van der Waals surface area contributed by atoms with Crippen LogP contribution in [0.2, 0.25) is 0 Å². The molecule has 0 bridgehead atoms. The highest BCUT2D eigenvalue weighted by Gasteiger charge is 2.33. The maximum absolute atomic E-state index is 13.0. The maximum Gasteiger partial charge on any atom is 0.326 e. The number of carboxylic acids is 1. The first kappa shape index (κ1) is 30.1. The van der Waals surface area contributed by atoms with Crippen LogP contribution in [0, 0.1) is 11.8 Å². The highest BCUT2D eigenvalue weighted by Crippen LogP contribution is 2.11. The summed E-state index contributed by atoms with van der Waals surface area (Å²) >= 11 is 1.49. The van der Waals surface area contributed by atoms with Gasteiger partial charge in [-0.25, -0.2) is 4.79 Å². The molecule has 0 aromatic rings. The third-order valence-corrected chi connectivity index (χ3v) is 5.82. The smallest absolute Gasteiger partial charge is 0.326 e. The van der Waals surface area contributed by atoms with Gasteiger partial charge in [-0.1, -0.05) is 34.1 Å². The van der Waals surface area contributed by atoms with Gasteiger partial charge < -0.3 is 31.9 Å². The van der Waals surface area contributed by atoms with Gasteiger partial charge in [0.2, 0.25) is 17.7 Å². The molecule has 0 rings (SSSR count). The summed E-state index contributed by atoms with van der Waals surface area (Å²) in [6.07, 6.45) is 1.88. The van der Waals surface area contributed by atoms with E-state index in [2.05, 4.69) is 16.0 Å². The van der Waals surface area contributed by atoms with Gasteiger partial charge in [-0.15, -0.1) is 0 Å². The monoisotopic (exact) mass is 476 g/mol. The lowest BCUT2D eigenvalue weighted by atomic mass is 9.97. The number of hydrogen-bond acceptors (Lipinski definition) is 7. The summed E-state index contributed by atoms with van der Waals surface area (Å²) in [6, 6.07) is -4.19. The number of rotatable bonds is 15. The minimum atomic E-state index is -1.20. The maximum atomic E-state index is 13.0. The number of amides is 3. The molecule has 0 spiro atoms. The number of carbonyl (C=O) groups is 4. The number of nitrogens with two attached hydrogens (primary N) is 1. The molecule has 186 valence electrons. The Balaban J connectivity index is 5.52. The average Bonchev–Trinajstić information content (AvgIpc) is 2.72. The number of aliphatic hydroxyl groups is 1. The molecule has 0 aliphatic heterocycles. The van der Waals surface area contributed by atoms with Crippen LogP contribution in [0.25, 0.3) is 0 Å². The van der Waals surface area contributed by atoms with Crippen LogP contribution in [0.15, 0.2) is 0 Å². The summed E-state index contributed by atoms with van der Waals surface area (Å²) in [5.74, 6) is -2.62. The Labute approximate surface area is 194 Å². The summed E-state index contributed by atoms with van der Waals surface area (Å²) in [4.78, 5) is 49.7. The van der Waals surface area contributed by atoms with E-state index >= 15 is 0 Å². The van der Waals surface area contributed by atoms with E-state index in [-0.39, 0.29) is 18.3 Å². The molecule has 0 heterocycles. The van der Waals surface area contributed by atoms with E-state index in [1.54, 1.807) is 6.92 Å². The molecule has 11 heteroatoms. The first-order valence-electron chi connectivity index (χ1n) is 10.9. The molecule has 0 fully saturated rings. The van der Waals surface area contributed by atoms with Crippen molar-refractivity contribution in [2.24, 2.45) is 17.6 Å². The van der Waals surface area contributed by atoms with Crippen molar-refractivity contribution in [2.75, 3.05) is 12.0 Å². The second-order valence-corrected chi connectivity index (χ2v) is 9.50. The molecule has 10 nitrogen and oxygen atoms in total. The van der Waals surface area contributed by atoms with Gasteiger partial charge in [-0.2, -0.15) is 11.8 Å². The van der Waals surface area contributed by atoms with Gasteiger partial charge in [0.25, 0.3) is 0 Å². The fourth-order valence-corrected chi connectivity index (χ4v) is 3.37. The highest BCUT2D eigenvalue weighted by molar-refractivity contribution is 7.98. The third kappa shape index (κ3) is 10.6. The zero-order chi connectivity index (χ0) is 25.0. The van der Waals surface area contributed by atoms with Crippen molar-refractivity contribution in [3.8, 4) is 0 Å². The second kappa shape index (κ2) is 15.1. The molecule has 0 aromatic carbocycles. The lowest BCUT2D eigenvalue weighted by Crippen LogP contribution is -2.59. The van der Waals surface area contributed by atoms with E-state index in [0.717, 1.165) is 0 Å². The Kier molecular flexibility index (Phi) is 14.2. The van der Waals surface area contributed by atoms with Crippen molar-refractivity contribution in [3.05, 3.63) is 0 Å². The molecule has 0 saturated heterocycles. The summed E-state index contributed by atoms with van der Waals surface area (Å²) in [5.41, 5.74) is 5.67. The summed E-state index contributed by atoms with van der Waals surface area (Å²) in [6.45, 7) is 8.71. The number of carbonyl (C=O) groups excluding carboxylic acids is 3. The molecule has 0 radical (unpaired) electrons. The van der Waals surface area contributed by atoms with E-state index in [0.29, 0.717) is 18.6 Å². The summed E-state index contributed by atoms with van der Waals surface area (Å²) in [7, 11) is 0.